The molecule has 1 heterocycles. The fourth-order valence-electron chi connectivity index (χ4n) is 1.20. The smallest absolute Gasteiger partial charge is 0.249 e. The molecular weight excluding hydrogens is 140 g/mol. The van der Waals surface area contributed by atoms with Crippen LogP contribution in [-0.2, 0) is 4.79 Å². The Bertz CT molecular complexity index is 232. The first-order chi connectivity index (χ1) is 5.33. The van der Waals surface area contributed by atoms with E-state index in [0.717, 1.165) is 19.5 Å². The van der Waals surface area contributed by atoms with Gasteiger partial charge in [-0.2, -0.15) is 0 Å². The van der Waals surface area contributed by atoms with Crippen LogP contribution in [0.4, 0.5) is 0 Å². The first-order valence-electron chi connectivity index (χ1n) is 3.59. The SMILES string of the molecule is CN1CCC(C#CN=C=O)C1. The molecular formula is C8H10N2O. The highest BCUT2D eigenvalue weighted by molar-refractivity contribution is 5.36. The molecule has 58 valence electrons. The third-order valence-corrected chi connectivity index (χ3v) is 1.76. The minimum absolute atomic E-state index is 0.386. The minimum Gasteiger partial charge on any atom is -0.305 e. The highest BCUT2D eigenvalue weighted by Crippen LogP contribution is 2.12. The van der Waals surface area contributed by atoms with Gasteiger partial charge < -0.3 is 4.90 Å². The summed E-state index contributed by atoms with van der Waals surface area (Å²) in [4.78, 5) is 15.0. The second kappa shape index (κ2) is 3.92. The van der Waals surface area contributed by atoms with Crippen LogP contribution in [0.25, 0.3) is 0 Å². The van der Waals surface area contributed by atoms with E-state index in [4.69, 9.17) is 0 Å². The molecule has 3 nitrogen and oxygen atoms in total. The number of aliphatic imine (C=N–C) groups is 1. The van der Waals surface area contributed by atoms with Crippen LogP contribution in [0.5, 0.6) is 0 Å². The molecule has 0 N–H and O–H groups in total. The van der Waals surface area contributed by atoms with E-state index in [1.165, 1.54) is 6.08 Å². The van der Waals surface area contributed by atoms with Crippen molar-refractivity contribution in [3.05, 3.63) is 0 Å². The van der Waals surface area contributed by atoms with E-state index in [2.05, 4.69) is 28.9 Å². The Morgan fingerprint density at radius 1 is 1.64 bits per heavy atom. The number of isocyanates is 1. The topological polar surface area (TPSA) is 32.7 Å². The minimum atomic E-state index is 0.386. The van der Waals surface area contributed by atoms with Crippen LogP contribution in [0.15, 0.2) is 4.99 Å². The molecule has 0 bridgehead atoms. The molecule has 0 amide bonds. The molecule has 3 heteroatoms. The Kier molecular flexibility index (Phi) is 2.85. The van der Waals surface area contributed by atoms with Crippen molar-refractivity contribution in [1.29, 1.82) is 0 Å². The van der Waals surface area contributed by atoms with Crippen molar-refractivity contribution >= 4 is 6.08 Å². The van der Waals surface area contributed by atoms with E-state index in [1.54, 1.807) is 0 Å². The van der Waals surface area contributed by atoms with Crippen molar-refractivity contribution in [3.63, 3.8) is 0 Å². The van der Waals surface area contributed by atoms with Gasteiger partial charge in [0.2, 0.25) is 6.08 Å². The summed E-state index contributed by atoms with van der Waals surface area (Å²) in [5.74, 6) is 3.28. The van der Waals surface area contributed by atoms with E-state index in [-0.39, 0.29) is 0 Å². The normalized spacial score (nSPS) is 23.5. The Morgan fingerprint density at radius 2 is 2.45 bits per heavy atom. The van der Waals surface area contributed by atoms with Crippen LogP contribution in [0.2, 0.25) is 0 Å². The Hall–Kier alpha value is -1.10. The zero-order chi connectivity index (χ0) is 8.10. The number of nitrogens with zero attached hydrogens (tertiary/aromatic N) is 2. The number of hydrogen-bond donors (Lipinski definition) is 0. The summed E-state index contributed by atoms with van der Waals surface area (Å²) < 4.78 is 0. The van der Waals surface area contributed by atoms with Crippen LogP contribution in [0.1, 0.15) is 6.42 Å². The van der Waals surface area contributed by atoms with Crippen molar-refractivity contribution in [2.24, 2.45) is 10.9 Å². The maximum absolute atomic E-state index is 9.64. The highest BCUT2D eigenvalue weighted by atomic mass is 16.1. The summed E-state index contributed by atoms with van der Waals surface area (Å²) >= 11 is 0. The number of carbonyl (C=O) groups excluding carboxylic acids is 1. The summed E-state index contributed by atoms with van der Waals surface area (Å²) in [6, 6.07) is 2.42. The summed E-state index contributed by atoms with van der Waals surface area (Å²) in [6.45, 7) is 2.07. The monoisotopic (exact) mass is 150 g/mol. The van der Waals surface area contributed by atoms with Crippen LogP contribution in [0.3, 0.4) is 0 Å². The summed E-state index contributed by atoms with van der Waals surface area (Å²) in [6.07, 6.45) is 2.47. The molecule has 1 unspecified atom stereocenters. The molecule has 0 saturated carbocycles. The predicted molar refractivity (Wildman–Crippen MR) is 41.5 cm³/mol. The molecule has 11 heavy (non-hydrogen) atoms. The van der Waals surface area contributed by atoms with E-state index in [1.807, 2.05) is 0 Å². The van der Waals surface area contributed by atoms with Gasteiger partial charge in [0.1, 0.15) is 0 Å². The molecule has 0 aromatic rings. The predicted octanol–water partition coefficient (Wildman–Crippen LogP) is 0.235. The second-order valence-corrected chi connectivity index (χ2v) is 2.71. The zero-order valence-electron chi connectivity index (χ0n) is 6.50. The maximum Gasteiger partial charge on any atom is 0.249 e. The van der Waals surface area contributed by atoms with E-state index in [0.29, 0.717) is 5.92 Å². The van der Waals surface area contributed by atoms with Gasteiger partial charge in [-0.3, -0.25) is 0 Å². The van der Waals surface area contributed by atoms with Crippen molar-refractivity contribution < 1.29 is 4.79 Å². The quantitative estimate of drug-likeness (QED) is 0.281. The van der Waals surface area contributed by atoms with Crippen molar-refractivity contribution in [3.8, 4) is 12.0 Å². The average molecular weight is 150 g/mol. The maximum atomic E-state index is 9.64. The third kappa shape index (κ3) is 2.55. The van der Waals surface area contributed by atoms with Gasteiger partial charge >= 0.3 is 0 Å². The van der Waals surface area contributed by atoms with Gasteiger partial charge in [-0.15, -0.1) is 4.99 Å². The first-order valence-corrected chi connectivity index (χ1v) is 3.59. The van der Waals surface area contributed by atoms with Gasteiger partial charge in [0, 0.05) is 18.5 Å². The fraction of sp³-hybridized carbons (Fsp3) is 0.625. The zero-order valence-corrected chi connectivity index (χ0v) is 6.50. The van der Waals surface area contributed by atoms with Crippen molar-refractivity contribution in [2.75, 3.05) is 20.1 Å². The molecule has 0 aromatic carbocycles. The Balaban J connectivity index is 2.40. The van der Waals surface area contributed by atoms with Crippen LogP contribution in [-0.4, -0.2) is 31.1 Å². The van der Waals surface area contributed by atoms with Crippen LogP contribution < -0.4 is 0 Å². The Labute approximate surface area is 66.1 Å². The highest BCUT2D eigenvalue weighted by Gasteiger charge is 2.16. The third-order valence-electron chi connectivity index (χ3n) is 1.76. The molecule has 1 rings (SSSR count). The molecule has 1 saturated heterocycles. The molecule has 1 aliphatic heterocycles. The van der Waals surface area contributed by atoms with E-state index in [9.17, 15) is 4.79 Å². The van der Waals surface area contributed by atoms with Crippen LogP contribution >= 0.6 is 0 Å². The summed E-state index contributed by atoms with van der Waals surface area (Å²) in [5.41, 5.74) is 0. The molecule has 0 spiro atoms. The second-order valence-electron chi connectivity index (χ2n) is 2.71. The van der Waals surface area contributed by atoms with Gasteiger partial charge in [-0.05, 0) is 20.0 Å². The number of rotatable bonds is 0. The number of likely N-dealkylation sites (tertiary alicyclic amines) is 1. The van der Waals surface area contributed by atoms with Crippen LogP contribution in [0, 0.1) is 17.9 Å². The summed E-state index contributed by atoms with van der Waals surface area (Å²) in [7, 11) is 2.06. The van der Waals surface area contributed by atoms with Gasteiger partial charge in [0.05, 0.1) is 0 Å². The first kappa shape index (κ1) is 8.00. The average Bonchev–Trinajstić information content (AvgIpc) is 2.37. The van der Waals surface area contributed by atoms with Gasteiger partial charge in [0.15, 0.2) is 0 Å². The van der Waals surface area contributed by atoms with Gasteiger partial charge in [-0.1, -0.05) is 5.92 Å². The van der Waals surface area contributed by atoms with E-state index >= 15 is 0 Å². The standard InChI is InChI=1S/C8H10N2O/c1-10-5-3-8(6-10)2-4-9-7-11/h8H,3,5-6H2,1H3. The summed E-state index contributed by atoms with van der Waals surface area (Å²) in [5, 5.41) is 0. The van der Waals surface area contributed by atoms with Crippen molar-refractivity contribution in [1.82, 2.24) is 4.90 Å². The fourth-order valence-corrected chi connectivity index (χ4v) is 1.20. The molecule has 0 radical (unpaired) electrons. The molecule has 1 aliphatic rings. The molecule has 0 aromatic heterocycles. The van der Waals surface area contributed by atoms with Gasteiger partial charge in [-0.25, -0.2) is 4.79 Å². The van der Waals surface area contributed by atoms with Crippen molar-refractivity contribution in [2.45, 2.75) is 6.42 Å². The molecule has 1 fully saturated rings. The Morgan fingerprint density at radius 3 is 3.00 bits per heavy atom. The lowest BCUT2D eigenvalue weighted by molar-refractivity contribution is 0.409. The lowest BCUT2D eigenvalue weighted by Crippen LogP contribution is -2.13. The lowest BCUT2D eigenvalue weighted by atomic mass is 10.1. The van der Waals surface area contributed by atoms with E-state index < -0.39 is 0 Å². The molecule has 0 aliphatic carbocycles. The van der Waals surface area contributed by atoms with Gasteiger partial charge in [0.25, 0.3) is 0 Å². The lowest BCUT2D eigenvalue weighted by Gasteiger charge is -2.03. The number of hydrogen-bond acceptors (Lipinski definition) is 3. The largest absolute Gasteiger partial charge is 0.305 e. The molecule has 1 atom stereocenters.